The first-order valence-corrected chi connectivity index (χ1v) is 5.69. The summed E-state index contributed by atoms with van der Waals surface area (Å²) in [6, 6.07) is -0.207. The molecule has 0 bridgehead atoms. The van der Waals surface area contributed by atoms with Crippen LogP contribution in [0.1, 0.15) is 23.5 Å². The minimum Gasteiger partial charge on any atom is -0.476 e. The summed E-state index contributed by atoms with van der Waals surface area (Å²) in [6.45, 7) is 2.99. The molecule has 0 atom stereocenters. The topological polar surface area (TPSA) is 100 Å². The minimum absolute atomic E-state index is 0.0244. The Bertz CT molecular complexity index is 550. The van der Waals surface area contributed by atoms with Gasteiger partial charge in [0.05, 0.1) is 18.8 Å². The van der Waals surface area contributed by atoms with Crippen molar-refractivity contribution in [1.29, 1.82) is 0 Å². The predicted octanol–water partition coefficient (Wildman–Crippen LogP) is -0.434. The summed E-state index contributed by atoms with van der Waals surface area (Å²) in [6.07, 6.45) is 1.37. The molecule has 1 aromatic rings. The van der Waals surface area contributed by atoms with Crippen LogP contribution in [0.15, 0.2) is 6.20 Å². The lowest BCUT2D eigenvalue weighted by molar-refractivity contribution is 0.0690. The van der Waals surface area contributed by atoms with E-state index >= 15 is 0 Å². The second kappa shape index (κ2) is 5.39. The van der Waals surface area contributed by atoms with E-state index in [0.717, 1.165) is 0 Å². The molecule has 2 N–H and O–H groups in total. The number of carboxylic acids is 1. The van der Waals surface area contributed by atoms with Crippen molar-refractivity contribution in [1.82, 2.24) is 25.2 Å². The van der Waals surface area contributed by atoms with E-state index in [-0.39, 0.29) is 17.8 Å². The third-order valence-electron chi connectivity index (χ3n) is 2.76. The van der Waals surface area contributed by atoms with Gasteiger partial charge >= 0.3 is 12.0 Å². The standard InChI is InChI=1S/C11H13N5O3/c1-2-3-4-12-11(19)15-5-8(6-15)16-7-9(10(17)18)13-14-16/h7-8H,4-6H2,1H3,(H,12,19)(H,17,18). The number of aromatic carboxylic acids is 1. The van der Waals surface area contributed by atoms with Gasteiger partial charge in [0.15, 0.2) is 5.69 Å². The van der Waals surface area contributed by atoms with Crippen LogP contribution < -0.4 is 5.32 Å². The number of aromatic nitrogens is 3. The molecule has 0 saturated carbocycles. The molecule has 0 aliphatic carbocycles. The summed E-state index contributed by atoms with van der Waals surface area (Å²) in [5.41, 5.74) is -0.0962. The predicted molar refractivity (Wildman–Crippen MR) is 64.4 cm³/mol. The maximum Gasteiger partial charge on any atom is 0.358 e. The monoisotopic (exact) mass is 263 g/mol. The zero-order chi connectivity index (χ0) is 13.8. The highest BCUT2D eigenvalue weighted by atomic mass is 16.4. The number of carbonyl (C=O) groups excluding carboxylic acids is 1. The van der Waals surface area contributed by atoms with Crippen LogP contribution in [0.5, 0.6) is 0 Å². The molecule has 0 aromatic carbocycles. The third kappa shape index (κ3) is 2.82. The van der Waals surface area contributed by atoms with Crippen LogP contribution in [0, 0.1) is 11.8 Å². The Labute approximate surface area is 109 Å². The number of rotatable bonds is 3. The molecule has 0 unspecified atom stereocenters. The van der Waals surface area contributed by atoms with E-state index in [1.165, 1.54) is 10.9 Å². The number of carbonyl (C=O) groups is 2. The summed E-state index contributed by atoms with van der Waals surface area (Å²) in [4.78, 5) is 23.9. The minimum atomic E-state index is -1.11. The second-order valence-electron chi connectivity index (χ2n) is 4.03. The smallest absolute Gasteiger partial charge is 0.358 e. The normalized spacial score (nSPS) is 14.3. The summed E-state index contributed by atoms with van der Waals surface area (Å²) in [5, 5.41) is 18.6. The van der Waals surface area contributed by atoms with Gasteiger partial charge in [-0.2, -0.15) is 0 Å². The molecule has 19 heavy (non-hydrogen) atoms. The molecule has 8 nitrogen and oxygen atoms in total. The van der Waals surface area contributed by atoms with Crippen molar-refractivity contribution in [2.45, 2.75) is 13.0 Å². The average molecular weight is 263 g/mol. The van der Waals surface area contributed by atoms with Crippen molar-refractivity contribution in [2.75, 3.05) is 19.6 Å². The summed E-state index contributed by atoms with van der Waals surface area (Å²) in [5.74, 6) is 4.31. The highest BCUT2D eigenvalue weighted by Gasteiger charge is 2.32. The molecule has 2 rings (SSSR count). The van der Waals surface area contributed by atoms with Gasteiger partial charge in [-0.1, -0.05) is 11.1 Å². The Kier molecular flexibility index (Phi) is 3.66. The lowest BCUT2D eigenvalue weighted by Crippen LogP contribution is -2.54. The van der Waals surface area contributed by atoms with Crippen molar-refractivity contribution in [3.8, 4) is 11.8 Å². The molecule has 100 valence electrons. The van der Waals surface area contributed by atoms with Gasteiger partial charge < -0.3 is 15.3 Å². The molecule has 1 aromatic heterocycles. The quantitative estimate of drug-likeness (QED) is 0.720. The molecule has 1 aliphatic rings. The molecule has 0 spiro atoms. The summed E-state index contributed by atoms with van der Waals surface area (Å²) < 4.78 is 1.47. The summed E-state index contributed by atoms with van der Waals surface area (Å²) >= 11 is 0. The molecule has 1 aliphatic heterocycles. The third-order valence-corrected chi connectivity index (χ3v) is 2.76. The maximum atomic E-state index is 11.6. The number of nitrogens with one attached hydrogen (secondary N) is 1. The first-order chi connectivity index (χ1) is 9.11. The van der Waals surface area contributed by atoms with Crippen molar-refractivity contribution in [3.05, 3.63) is 11.9 Å². The number of nitrogens with zero attached hydrogens (tertiary/aromatic N) is 4. The highest BCUT2D eigenvalue weighted by Crippen LogP contribution is 2.19. The SMILES string of the molecule is CC#CCNC(=O)N1CC(n2cc(C(=O)O)nn2)C1. The van der Waals surface area contributed by atoms with Gasteiger partial charge in [0.25, 0.3) is 0 Å². The fourth-order valence-electron chi connectivity index (χ4n) is 1.66. The molecule has 1 fully saturated rings. The van der Waals surface area contributed by atoms with E-state index in [9.17, 15) is 9.59 Å². The molecule has 2 heterocycles. The number of urea groups is 1. The summed E-state index contributed by atoms with van der Waals surface area (Å²) in [7, 11) is 0. The van der Waals surface area contributed by atoms with Gasteiger partial charge in [0.2, 0.25) is 0 Å². The van der Waals surface area contributed by atoms with Crippen molar-refractivity contribution in [3.63, 3.8) is 0 Å². The van der Waals surface area contributed by atoms with Crippen LogP contribution in [0.4, 0.5) is 4.79 Å². The molecule has 2 amide bonds. The Morgan fingerprint density at radius 2 is 2.32 bits per heavy atom. The van der Waals surface area contributed by atoms with E-state index in [1.54, 1.807) is 11.8 Å². The van der Waals surface area contributed by atoms with E-state index < -0.39 is 5.97 Å². The highest BCUT2D eigenvalue weighted by molar-refractivity contribution is 5.84. The van der Waals surface area contributed by atoms with Crippen molar-refractivity contribution >= 4 is 12.0 Å². The van der Waals surface area contributed by atoms with Crippen LogP contribution in [-0.2, 0) is 0 Å². The number of hydrogen-bond acceptors (Lipinski definition) is 4. The van der Waals surface area contributed by atoms with Gasteiger partial charge in [-0.25, -0.2) is 14.3 Å². The van der Waals surface area contributed by atoms with E-state index in [1.807, 2.05) is 0 Å². The van der Waals surface area contributed by atoms with Gasteiger partial charge in [0.1, 0.15) is 0 Å². The first kappa shape index (κ1) is 12.9. The molecular formula is C11H13N5O3. The van der Waals surface area contributed by atoms with Crippen LogP contribution >= 0.6 is 0 Å². The maximum absolute atomic E-state index is 11.6. The van der Waals surface area contributed by atoms with Gasteiger partial charge in [0, 0.05) is 13.1 Å². The van der Waals surface area contributed by atoms with Crippen LogP contribution in [-0.4, -0.2) is 56.6 Å². The van der Waals surface area contributed by atoms with Gasteiger partial charge in [-0.05, 0) is 6.92 Å². The number of amides is 2. The van der Waals surface area contributed by atoms with Gasteiger partial charge in [-0.3, -0.25) is 0 Å². The van der Waals surface area contributed by atoms with Crippen LogP contribution in [0.3, 0.4) is 0 Å². The first-order valence-electron chi connectivity index (χ1n) is 5.69. The zero-order valence-corrected chi connectivity index (χ0v) is 10.3. The van der Waals surface area contributed by atoms with Crippen molar-refractivity contribution in [2.24, 2.45) is 0 Å². The Morgan fingerprint density at radius 3 is 2.89 bits per heavy atom. The lowest BCUT2D eigenvalue weighted by atomic mass is 10.1. The zero-order valence-electron chi connectivity index (χ0n) is 10.3. The number of hydrogen-bond donors (Lipinski definition) is 2. The molecule has 1 saturated heterocycles. The Hall–Kier alpha value is -2.56. The van der Waals surface area contributed by atoms with E-state index in [4.69, 9.17) is 5.11 Å². The number of carboxylic acid groups (broad SMARTS) is 1. The van der Waals surface area contributed by atoms with Crippen LogP contribution in [0.2, 0.25) is 0 Å². The average Bonchev–Trinajstić information content (AvgIpc) is 2.77. The van der Waals surface area contributed by atoms with Crippen molar-refractivity contribution < 1.29 is 14.7 Å². The fraction of sp³-hybridized carbons (Fsp3) is 0.455. The Morgan fingerprint density at radius 1 is 1.58 bits per heavy atom. The van der Waals surface area contributed by atoms with Crippen LogP contribution in [0.25, 0.3) is 0 Å². The van der Waals surface area contributed by atoms with Gasteiger partial charge in [-0.15, -0.1) is 11.0 Å². The Balaban J connectivity index is 1.83. The van der Waals surface area contributed by atoms with E-state index in [2.05, 4.69) is 27.5 Å². The lowest BCUT2D eigenvalue weighted by Gasteiger charge is -2.38. The fourth-order valence-corrected chi connectivity index (χ4v) is 1.66. The second-order valence-corrected chi connectivity index (χ2v) is 4.03. The molecular weight excluding hydrogens is 250 g/mol. The molecule has 8 heteroatoms. The molecule has 0 radical (unpaired) electrons. The van der Waals surface area contributed by atoms with E-state index in [0.29, 0.717) is 19.6 Å². The number of likely N-dealkylation sites (tertiary alicyclic amines) is 1. The largest absolute Gasteiger partial charge is 0.476 e.